The molecule has 0 aliphatic heterocycles. The van der Waals surface area contributed by atoms with Crippen molar-refractivity contribution in [2.75, 3.05) is 5.75 Å². The highest BCUT2D eigenvalue weighted by Gasteiger charge is 2.30. The van der Waals surface area contributed by atoms with Gasteiger partial charge in [0.1, 0.15) is 5.82 Å². The van der Waals surface area contributed by atoms with Crippen molar-refractivity contribution >= 4 is 17.7 Å². The molecule has 1 aliphatic carbocycles. The second-order valence-corrected chi connectivity index (χ2v) is 6.24. The monoisotopic (exact) mass is 307 g/mol. The average molecular weight is 307 g/mol. The van der Waals surface area contributed by atoms with Gasteiger partial charge >= 0.3 is 5.97 Å². The molecule has 0 aromatic carbocycles. The van der Waals surface area contributed by atoms with Gasteiger partial charge in [-0.1, -0.05) is 11.8 Å². The third kappa shape index (κ3) is 3.10. The minimum atomic E-state index is -0.847. The van der Waals surface area contributed by atoms with Gasteiger partial charge in [0.2, 0.25) is 0 Å². The van der Waals surface area contributed by atoms with Crippen LogP contribution in [0.1, 0.15) is 35.8 Å². The van der Waals surface area contributed by atoms with Gasteiger partial charge in [-0.25, -0.2) is 0 Å². The summed E-state index contributed by atoms with van der Waals surface area (Å²) in [6, 6.07) is 0. The van der Waals surface area contributed by atoms with Crippen molar-refractivity contribution in [1.82, 2.24) is 24.5 Å². The van der Waals surface area contributed by atoms with Crippen LogP contribution in [-0.2, 0) is 18.4 Å². The fraction of sp³-hybridized carbons (Fsp3) is 0.538. The Bertz CT molecular complexity index is 674. The van der Waals surface area contributed by atoms with E-state index in [1.807, 2.05) is 24.7 Å². The van der Waals surface area contributed by atoms with Gasteiger partial charge < -0.3 is 9.67 Å². The second kappa shape index (κ2) is 5.51. The number of carbonyl (C=O) groups is 1. The van der Waals surface area contributed by atoms with Crippen LogP contribution < -0.4 is 0 Å². The fourth-order valence-corrected chi connectivity index (χ4v) is 2.96. The Morgan fingerprint density at radius 2 is 2.24 bits per heavy atom. The van der Waals surface area contributed by atoms with Crippen LogP contribution in [0.5, 0.6) is 0 Å². The van der Waals surface area contributed by atoms with E-state index in [0.29, 0.717) is 17.6 Å². The van der Waals surface area contributed by atoms with Gasteiger partial charge in [0, 0.05) is 24.7 Å². The first-order chi connectivity index (χ1) is 10.0. The molecular formula is C13H17N5O2S. The molecule has 112 valence electrons. The molecule has 1 fully saturated rings. The first-order valence-electron chi connectivity index (χ1n) is 6.81. The van der Waals surface area contributed by atoms with Gasteiger partial charge in [0.05, 0.1) is 18.0 Å². The minimum Gasteiger partial charge on any atom is -0.481 e. The highest BCUT2D eigenvalue weighted by Crippen LogP contribution is 2.40. The van der Waals surface area contributed by atoms with E-state index < -0.39 is 5.97 Å². The minimum absolute atomic E-state index is 0.00514. The van der Waals surface area contributed by atoms with Crippen LogP contribution in [0.4, 0.5) is 0 Å². The first-order valence-corrected chi connectivity index (χ1v) is 7.80. The number of carboxylic acids is 1. The summed E-state index contributed by atoms with van der Waals surface area (Å²) in [5, 5.41) is 22.3. The van der Waals surface area contributed by atoms with Gasteiger partial charge in [-0.2, -0.15) is 5.10 Å². The van der Waals surface area contributed by atoms with E-state index in [1.54, 1.807) is 4.68 Å². The van der Waals surface area contributed by atoms with Gasteiger partial charge in [0.25, 0.3) is 0 Å². The summed E-state index contributed by atoms with van der Waals surface area (Å²) in [5.74, 6) is 0.578. The van der Waals surface area contributed by atoms with Gasteiger partial charge in [-0.3, -0.25) is 9.48 Å². The molecule has 0 bridgehead atoms. The van der Waals surface area contributed by atoms with Gasteiger partial charge in [0.15, 0.2) is 5.16 Å². The number of hydrogen-bond donors (Lipinski definition) is 1. The molecule has 2 aromatic rings. The van der Waals surface area contributed by atoms with Crippen molar-refractivity contribution in [3.8, 4) is 0 Å². The predicted molar refractivity (Wildman–Crippen MR) is 77.4 cm³/mol. The Balaban J connectivity index is 1.88. The molecule has 1 N–H and O–H groups in total. The Labute approximate surface area is 126 Å². The van der Waals surface area contributed by atoms with Gasteiger partial charge in [-0.15, -0.1) is 10.2 Å². The molecule has 0 spiro atoms. The molecular weight excluding hydrogens is 290 g/mol. The number of rotatable bonds is 6. The second-order valence-electron chi connectivity index (χ2n) is 5.30. The first kappa shape index (κ1) is 14.1. The largest absolute Gasteiger partial charge is 0.481 e. The topological polar surface area (TPSA) is 85.8 Å². The molecule has 21 heavy (non-hydrogen) atoms. The normalized spacial score (nSPS) is 14.6. The summed E-state index contributed by atoms with van der Waals surface area (Å²) in [4.78, 5) is 10.8. The average Bonchev–Trinajstić information content (AvgIpc) is 3.10. The summed E-state index contributed by atoms with van der Waals surface area (Å²) < 4.78 is 3.82. The maximum Gasteiger partial charge on any atom is 0.313 e. The molecule has 0 atom stereocenters. The zero-order valence-electron chi connectivity index (χ0n) is 12.0. The molecule has 0 radical (unpaired) electrons. The molecule has 2 aromatic heterocycles. The van der Waals surface area contributed by atoms with E-state index in [1.165, 1.54) is 11.8 Å². The van der Waals surface area contributed by atoms with Crippen molar-refractivity contribution in [1.29, 1.82) is 0 Å². The molecule has 0 amide bonds. The highest BCUT2D eigenvalue weighted by molar-refractivity contribution is 7.99. The lowest BCUT2D eigenvalue weighted by molar-refractivity contribution is -0.133. The molecule has 0 unspecified atom stereocenters. The van der Waals surface area contributed by atoms with Crippen LogP contribution in [0.3, 0.4) is 0 Å². The fourth-order valence-electron chi connectivity index (χ4n) is 2.30. The molecule has 3 rings (SSSR count). The quantitative estimate of drug-likeness (QED) is 0.812. The molecule has 0 saturated heterocycles. The third-order valence-corrected chi connectivity index (χ3v) is 4.41. The van der Waals surface area contributed by atoms with Crippen molar-refractivity contribution in [2.24, 2.45) is 7.05 Å². The summed E-state index contributed by atoms with van der Waals surface area (Å²) in [6.07, 6.45) is 4.25. The summed E-state index contributed by atoms with van der Waals surface area (Å²) in [5.41, 5.74) is 2.08. The number of aryl methyl sites for hydroxylation is 2. The van der Waals surface area contributed by atoms with Crippen molar-refractivity contribution < 1.29 is 9.90 Å². The number of aliphatic carboxylic acids is 1. The number of nitrogens with zero attached hydrogens (tertiary/aromatic N) is 5. The third-order valence-electron chi connectivity index (χ3n) is 3.46. The highest BCUT2D eigenvalue weighted by atomic mass is 32.2. The smallest absolute Gasteiger partial charge is 0.313 e. The maximum atomic E-state index is 10.8. The Morgan fingerprint density at radius 1 is 1.48 bits per heavy atom. The number of thioether (sulfide) groups is 1. The summed E-state index contributed by atoms with van der Waals surface area (Å²) >= 11 is 1.22. The van der Waals surface area contributed by atoms with E-state index in [0.717, 1.165) is 29.9 Å². The number of hydrogen-bond acceptors (Lipinski definition) is 5. The molecule has 2 heterocycles. The van der Waals surface area contributed by atoms with Crippen molar-refractivity contribution in [2.45, 2.75) is 37.4 Å². The van der Waals surface area contributed by atoms with E-state index in [2.05, 4.69) is 15.3 Å². The van der Waals surface area contributed by atoms with Crippen LogP contribution in [0.25, 0.3) is 0 Å². The number of carboxylic acid groups (broad SMARTS) is 1. The zero-order chi connectivity index (χ0) is 15.0. The van der Waals surface area contributed by atoms with Crippen LogP contribution in [-0.4, -0.2) is 41.4 Å². The van der Waals surface area contributed by atoms with Crippen LogP contribution >= 0.6 is 11.8 Å². The van der Waals surface area contributed by atoms with E-state index >= 15 is 0 Å². The van der Waals surface area contributed by atoms with Crippen LogP contribution in [0.2, 0.25) is 0 Å². The van der Waals surface area contributed by atoms with Crippen molar-refractivity contribution in [3.05, 3.63) is 23.3 Å². The maximum absolute atomic E-state index is 10.8. The Hall–Kier alpha value is -1.83. The molecule has 8 heteroatoms. The van der Waals surface area contributed by atoms with E-state index in [9.17, 15) is 4.79 Å². The lowest BCUT2D eigenvalue weighted by atomic mass is 10.2. The molecule has 7 nitrogen and oxygen atoms in total. The van der Waals surface area contributed by atoms with Gasteiger partial charge in [-0.05, 0) is 19.8 Å². The number of aromatic nitrogens is 5. The standard InChI is InChI=1S/C13H17N5O2S/c1-8-10(5-17(2)16-8)6-18-12(9-3-4-9)14-15-13(18)21-7-11(19)20/h5,9H,3-4,6-7H2,1-2H3,(H,19,20). The zero-order valence-corrected chi connectivity index (χ0v) is 12.8. The predicted octanol–water partition coefficient (Wildman–Crippen LogP) is 1.42. The van der Waals surface area contributed by atoms with Crippen molar-refractivity contribution in [3.63, 3.8) is 0 Å². The van der Waals surface area contributed by atoms with E-state index in [4.69, 9.17) is 5.11 Å². The SMILES string of the molecule is Cc1nn(C)cc1Cn1c(SCC(=O)O)nnc1C1CC1. The Kier molecular flexibility index (Phi) is 3.71. The van der Waals surface area contributed by atoms with E-state index in [-0.39, 0.29) is 5.75 Å². The lowest BCUT2D eigenvalue weighted by Gasteiger charge is -2.08. The summed E-state index contributed by atoms with van der Waals surface area (Å²) in [6.45, 7) is 2.61. The molecule has 1 aliphatic rings. The van der Waals surface area contributed by atoms with Crippen LogP contribution in [0, 0.1) is 6.92 Å². The lowest BCUT2D eigenvalue weighted by Crippen LogP contribution is -2.08. The Morgan fingerprint density at radius 3 is 2.81 bits per heavy atom. The summed E-state index contributed by atoms with van der Waals surface area (Å²) in [7, 11) is 1.89. The molecule has 1 saturated carbocycles. The van der Waals surface area contributed by atoms with Crippen LogP contribution in [0.15, 0.2) is 11.4 Å².